The summed E-state index contributed by atoms with van der Waals surface area (Å²) in [5.74, 6) is -0.416. The number of amides is 1. The molecule has 0 bridgehead atoms. The van der Waals surface area contributed by atoms with Gasteiger partial charge in [0.05, 0.1) is 18.2 Å². The summed E-state index contributed by atoms with van der Waals surface area (Å²) in [5.41, 5.74) is 2.67. The summed E-state index contributed by atoms with van der Waals surface area (Å²) in [7, 11) is 0. The van der Waals surface area contributed by atoms with Crippen LogP contribution in [0.3, 0.4) is 0 Å². The molecule has 0 radical (unpaired) electrons. The molecule has 2 aromatic rings. The van der Waals surface area contributed by atoms with E-state index in [4.69, 9.17) is 5.26 Å². The lowest BCUT2D eigenvalue weighted by Crippen LogP contribution is -2.34. The smallest absolute Gasteiger partial charge is 0.227 e. The Morgan fingerprint density at radius 2 is 2.00 bits per heavy atom. The maximum Gasteiger partial charge on any atom is 0.227 e. The molecule has 0 N–H and O–H groups in total. The van der Waals surface area contributed by atoms with Crippen molar-refractivity contribution in [2.45, 2.75) is 19.4 Å². The minimum absolute atomic E-state index is 0.0181. The Hall–Kier alpha value is -2.67. The lowest BCUT2D eigenvalue weighted by molar-refractivity contribution is -0.119. The maximum absolute atomic E-state index is 13.9. The van der Waals surface area contributed by atoms with E-state index in [9.17, 15) is 9.18 Å². The topological polar surface area (TPSA) is 44.1 Å². The largest absolute Gasteiger partial charge is 0.308 e. The zero-order chi connectivity index (χ0) is 14.8. The highest BCUT2D eigenvalue weighted by Gasteiger charge is 2.24. The van der Waals surface area contributed by atoms with Crippen LogP contribution in [0.4, 0.5) is 10.1 Å². The summed E-state index contributed by atoms with van der Waals surface area (Å²) in [6, 6.07) is 13.9. The van der Waals surface area contributed by atoms with Crippen LogP contribution in [0.15, 0.2) is 42.5 Å². The summed E-state index contributed by atoms with van der Waals surface area (Å²) in [6.45, 7) is 0.150. The zero-order valence-electron chi connectivity index (χ0n) is 11.3. The number of hydrogen-bond donors (Lipinski definition) is 0. The number of para-hydroxylation sites is 1. The monoisotopic (exact) mass is 280 g/mol. The number of carbonyl (C=O) groups excluding carboxylic acids is 1. The number of fused-ring (bicyclic) bond motifs is 1. The number of carbonyl (C=O) groups is 1. The van der Waals surface area contributed by atoms with E-state index in [-0.39, 0.29) is 12.5 Å². The Kier molecular flexibility index (Phi) is 3.41. The number of nitriles is 1. The highest BCUT2D eigenvalue weighted by molar-refractivity contribution is 5.96. The van der Waals surface area contributed by atoms with Crippen molar-refractivity contribution in [2.24, 2.45) is 0 Å². The van der Waals surface area contributed by atoms with Crippen molar-refractivity contribution in [1.82, 2.24) is 0 Å². The quantitative estimate of drug-likeness (QED) is 0.848. The van der Waals surface area contributed by atoms with Gasteiger partial charge in [0.2, 0.25) is 5.91 Å². The number of halogens is 1. The molecule has 1 heterocycles. The summed E-state index contributed by atoms with van der Waals surface area (Å²) < 4.78 is 13.9. The molecule has 3 nitrogen and oxygen atoms in total. The van der Waals surface area contributed by atoms with E-state index in [2.05, 4.69) is 0 Å². The Morgan fingerprint density at radius 3 is 2.81 bits per heavy atom. The SMILES string of the molecule is N#Cc1ccc(F)c(CN2C(=O)CCc3ccccc32)c1. The third kappa shape index (κ3) is 2.50. The van der Waals surface area contributed by atoms with Gasteiger partial charge < -0.3 is 4.90 Å². The molecular weight excluding hydrogens is 267 g/mol. The predicted molar refractivity (Wildman–Crippen MR) is 77.1 cm³/mol. The molecule has 0 saturated carbocycles. The molecule has 104 valence electrons. The first-order valence-corrected chi connectivity index (χ1v) is 6.76. The third-order valence-corrected chi connectivity index (χ3v) is 3.69. The Balaban J connectivity index is 1.98. The Morgan fingerprint density at radius 1 is 1.19 bits per heavy atom. The molecule has 0 atom stereocenters. The molecule has 0 spiro atoms. The van der Waals surface area contributed by atoms with Crippen LogP contribution in [0.1, 0.15) is 23.1 Å². The van der Waals surface area contributed by atoms with Gasteiger partial charge in [0.25, 0.3) is 0 Å². The highest BCUT2D eigenvalue weighted by atomic mass is 19.1. The van der Waals surface area contributed by atoms with Crippen LogP contribution in [0.2, 0.25) is 0 Å². The summed E-state index contributed by atoms with van der Waals surface area (Å²) >= 11 is 0. The average Bonchev–Trinajstić information content (AvgIpc) is 2.52. The van der Waals surface area contributed by atoms with Gasteiger partial charge in [-0.1, -0.05) is 18.2 Å². The number of rotatable bonds is 2. The predicted octanol–water partition coefficient (Wildman–Crippen LogP) is 3.18. The van der Waals surface area contributed by atoms with Gasteiger partial charge in [0.1, 0.15) is 5.82 Å². The highest BCUT2D eigenvalue weighted by Crippen LogP contribution is 2.29. The molecule has 4 heteroatoms. The number of benzene rings is 2. The fraction of sp³-hybridized carbons (Fsp3) is 0.176. The minimum Gasteiger partial charge on any atom is -0.308 e. The molecule has 0 unspecified atom stereocenters. The van der Waals surface area contributed by atoms with Gasteiger partial charge in [-0.2, -0.15) is 5.26 Å². The molecule has 1 amide bonds. The second-order valence-electron chi connectivity index (χ2n) is 5.03. The lowest BCUT2D eigenvalue weighted by atomic mass is 10.00. The fourth-order valence-electron chi connectivity index (χ4n) is 2.61. The normalized spacial score (nSPS) is 13.7. The van der Waals surface area contributed by atoms with Crippen LogP contribution in [-0.2, 0) is 17.8 Å². The first kappa shape index (κ1) is 13.3. The van der Waals surface area contributed by atoms with E-state index >= 15 is 0 Å². The van der Waals surface area contributed by atoms with Crippen molar-refractivity contribution in [1.29, 1.82) is 5.26 Å². The van der Waals surface area contributed by atoms with Crippen molar-refractivity contribution < 1.29 is 9.18 Å². The van der Waals surface area contributed by atoms with Gasteiger partial charge >= 0.3 is 0 Å². The van der Waals surface area contributed by atoms with Gasteiger partial charge in [-0.25, -0.2) is 4.39 Å². The molecule has 2 aromatic carbocycles. The summed E-state index contributed by atoms with van der Waals surface area (Å²) in [4.78, 5) is 13.8. The summed E-state index contributed by atoms with van der Waals surface area (Å²) in [6.07, 6.45) is 1.14. The molecule has 0 aromatic heterocycles. The van der Waals surface area contributed by atoms with E-state index in [1.165, 1.54) is 18.2 Å². The number of nitrogens with zero attached hydrogens (tertiary/aromatic N) is 2. The Labute approximate surface area is 122 Å². The second kappa shape index (κ2) is 5.37. The van der Waals surface area contributed by atoms with E-state index in [1.54, 1.807) is 4.90 Å². The molecular formula is C17H13FN2O. The van der Waals surface area contributed by atoms with Gasteiger partial charge in [-0.15, -0.1) is 0 Å². The van der Waals surface area contributed by atoms with Gasteiger partial charge in [-0.3, -0.25) is 4.79 Å². The molecule has 1 aliphatic heterocycles. The average molecular weight is 280 g/mol. The van der Waals surface area contributed by atoms with Crippen LogP contribution in [0.5, 0.6) is 0 Å². The lowest BCUT2D eigenvalue weighted by Gasteiger charge is -2.29. The van der Waals surface area contributed by atoms with E-state index in [0.29, 0.717) is 24.0 Å². The Bertz CT molecular complexity index is 749. The van der Waals surface area contributed by atoms with Crippen LogP contribution < -0.4 is 4.90 Å². The van der Waals surface area contributed by atoms with Gasteiger partial charge in [0.15, 0.2) is 0 Å². The zero-order valence-corrected chi connectivity index (χ0v) is 11.3. The standard InChI is InChI=1S/C17H13FN2O/c18-15-7-5-12(10-19)9-14(15)11-20-16-4-2-1-3-13(16)6-8-17(20)21/h1-5,7,9H,6,8,11H2. The van der Waals surface area contributed by atoms with Crippen LogP contribution in [0.25, 0.3) is 0 Å². The van der Waals surface area contributed by atoms with Crippen LogP contribution in [-0.4, -0.2) is 5.91 Å². The van der Waals surface area contributed by atoms with Crippen molar-refractivity contribution in [2.75, 3.05) is 4.90 Å². The molecule has 0 fully saturated rings. The van der Waals surface area contributed by atoms with Crippen molar-refractivity contribution in [3.63, 3.8) is 0 Å². The molecule has 1 aliphatic rings. The van der Waals surface area contributed by atoms with Crippen LogP contribution >= 0.6 is 0 Å². The van der Waals surface area contributed by atoms with Crippen LogP contribution in [0, 0.1) is 17.1 Å². The minimum atomic E-state index is -0.398. The third-order valence-electron chi connectivity index (χ3n) is 3.69. The number of aryl methyl sites for hydroxylation is 1. The molecule has 0 saturated heterocycles. The van der Waals surface area contributed by atoms with E-state index in [0.717, 1.165) is 11.3 Å². The first-order valence-electron chi connectivity index (χ1n) is 6.76. The number of hydrogen-bond acceptors (Lipinski definition) is 2. The second-order valence-corrected chi connectivity index (χ2v) is 5.03. The molecule has 21 heavy (non-hydrogen) atoms. The molecule has 3 rings (SSSR count). The molecule has 0 aliphatic carbocycles. The summed E-state index contributed by atoms with van der Waals surface area (Å²) in [5, 5.41) is 8.92. The van der Waals surface area contributed by atoms with E-state index < -0.39 is 5.82 Å². The maximum atomic E-state index is 13.9. The first-order chi connectivity index (χ1) is 10.2. The number of anilines is 1. The van der Waals surface area contributed by atoms with Crippen molar-refractivity contribution >= 4 is 11.6 Å². The van der Waals surface area contributed by atoms with Gasteiger partial charge in [-0.05, 0) is 36.2 Å². The fourth-order valence-corrected chi connectivity index (χ4v) is 2.61. The van der Waals surface area contributed by atoms with E-state index in [1.807, 2.05) is 30.3 Å². The van der Waals surface area contributed by atoms with Crippen molar-refractivity contribution in [3.8, 4) is 6.07 Å². The van der Waals surface area contributed by atoms with Gasteiger partial charge in [0, 0.05) is 17.7 Å². The van der Waals surface area contributed by atoms with Crippen molar-refractivity contribution in [3.05, 3.63) is 65.0 Å².